The number of hydrogen-bond acceptors (Lipinski definition) is 2. The lowest BCUT2D eigenvalue weighted by atomic mass is 10.2. The summed E-state index contributed by atoms with van der Waals surface area (Å²) in [6.45, 7) is 2.11. The minimum atomic E-state index is -1.10. The zero-order chi connectivity index (χ0) is 12.1. The van der Waals surface area contributed by atoms with Crippen LogP contribution in [0.25, 0.3) is 0 Å². The van der Waals surface area contributed by atoms with Crippen molar-refractivity contribution >= 4 is 10.8 Å². The van der Waals surface area contributed by atoms with Crippen molar-refractivity contribution in [3.05, 3.63) is 54.4 Å². The highest BCUT2D eigenvalue weighted by molar-refractivity contribution is 7.85. The number of pyridine rings is 1. The molecule has 0 bridgehead atoms. The Morgan fingerprint density at radius 2 is 1.94 bits per heavy atom. The van der Waals surface area contributed by atoms with Gasteiger partial charge in [0.1, 0.15) is 0 Å². The fourth-order valence-corrected chi connectivity index (χ4v) is 2.96. The van der Waals surface area contributed by atoms with Gasteiger partial charge in [0.25, 0.3) is 0 Å². The smallest absolute Gasteiger partial charge is 0.0853 e. The zero-order valence-electron chi connectivity index (χ0n) is 9.80. The fraction of sp³-hybridized carbons (Fsp3) is 0.214. The Morgan fingerprint density at radius 1 is 1.18 bits per heavy atom. The van der Waals surface area contributed by atoms with Gasteiger partial charge in [-0.1, -0.05) is 31.5 Å². The van der Waals surface area contributed by atoms with Gasteiger partial charge in [-0.05, 0) is 30.2 Å². The molecule has 0 fully saturated rings. The van der Waals surface area contributed by atoms with E-state index in [9.17, 15) is 4.21 Å². The molecule has 0 aliphatic rings. The molecule has 0 saturated heterocycles. The van der Waals surface area contributed by atoms with Gasteiger partial charge in [-0.25, -0.2) is 4.21 Å². The largest absolute Gasteiger partial charge is 0.264 e. The Bertz CT molecular complexity index is 511. The normalized spacial score (nSPS) is 12.3. The second-order valence-electron chi connectivity index (χ2n) is 3.82. The summed E-state index contributed by atoms with van der Waals surface area (Å²) in [5.74, 6) is 0. The summed E-state index contributed by atoms with van der Waals surface area (Å²) in [6.07, 6.45) is 5.47. The van der Waals surface area contributed by atoms with E-state index in [1.165, 1.54) is 0 Å². The molecule has 0 amide bonds. The van der Waals surface area contributed by atoms with Crippen LogP contribution in [-0.4, -0.2) is 9.19 Å². The molecule has 0 aliphatic carbocycles. The molecule has 0 spiro atoms. The van der Waals surface area contributed by atoms with Gasteiger partial charge in [-0.15, -0.1) is 0 Å². The molecule has 1 aromatic carbocycles. The maximum absolute atomic E-state index is 12.4. The summed E-state index contributed by atoms with van der Waals surface area (Å²) in [4.78, 5) is 5.83. The predicted octanol–water partition coefficient (Wildman–Crippen LogP) is 3.20. The minimum absolute atomic E-state index is 0.844. The molecule has 2 rings (SSSR count). The number of aryl methyl sites for hydroxylation is 1. The molecule has 3 heteroatoms. The van der Waals surface area contributed by atoms with Crippen LogP contribution in [0.2, 0.25) is 0 Å². The molecule has 0 saturated carbocycles. The molecule has 88 valence electrons. The SMILES string of the molecule is CCCc1cnccc1S(=O)c1ccccc1. The molecule has 0 N–H and O–H groups in total. The average Bonchev–Trinajstić information content (AvgIpc) is 2.40. The molecule has 1 unspecified atom stereocenters. The minimum Gasteiger partial charge on any atom is -0.264 e. The van der Waals surface area contributed by atoms with Crippen LogP contribution >= 0.6 is 0 Å². The molecular weight excluding hydrogens is 230 g/mol. The fourth-order valence-electron chi connectivity index (χ4n) is 1.72. The van der Waals surface area contributed by atoms with Crippen molar-refractivity contribution in [3.63, 3.8) is 0 Å². The number of hydrogen-bond donors (Lipinski definition) is 0. The van der Waals surface area contributed by atoms with Crippen LogP contribution in [0.3, 0.4) is 0 Å². The maximum Gasteiger partial charge on any atom is 0.0853 e. The highest BCUT2D eigenvalue weighted by Gasteiger charge is 2.10. The molecule has 1 aromatic heterocycles. The Hall–Kier alpha value is -1.48. The van der Waals surface area contributed by atoms with Gasteiger partial charge < -0.3 is 0 Å². The summed E-state index contributed by atoms with van der Waals surface area (Å²) >= 11 is 0. The van der Waals surface area contributed by atoms with Gasteiger partial charge in [-0.3, -0.25) is 4.98 Å². The van der Waals surface area contributed by atoms with E-state index >= 15 is 0 Å². The van der Waals surface area contributed by atoms with E-state index in [0.29, 0.717) is 0 Å². The number of aromatic nitrogens is 1. The van der Waals surface area contributed by atoms with Gasteiger partial charge in [0.05, 0.1) is 10.8 Å². The third kappa shape index (κ3) is 2.80. The van der Waals surface area contributed by atoms with Crippen LogP contribution in [0.5, 0.6) is 0 Å². The van der Waals surface area contributed by atoms with Crippen LogP contribution in [0, 0.1) is 0 Å². The van der Waals surface area contributed by atoms with Crippen molar-refractivity contribution in [2.75, 3.05) is 0 Å². The number of rotatable bonds is 4. The Balaban J connectivity index is 2.37. The molecule has 2 aromatic rings. The highest BCUT2D eigenvalue weighted by Crippen LogP contribution is 2.20. The summed E-state index contributed by atoms with van der Waals surface area (Å²) in [6, 6.07) is 11.4. The maximum atomic E-state index is 12.4. The van der Waals surface area contributed by atoms with Crippen LogP contribution in [0.15, 0.2) is 58.6 Å². The summed E-state index contributed by atoms with van der Waals surface area (Å²) < 4.78 is 12.4. The Kier molecular flexibility index (Phi) is 4.04. The first-order valence-electron chi connectivity index (χ1n) is 5.72. The van der Waals surface area contributed by atoms with Crippen molar-refractivity contribution in [1.82, 2.24) is 4.98 Å². The van der Waals surface area contributed by atoms with Gasteiger partial charge in [0, 0.05) is 22.2 Å². The van der Waals surface area contributed by atoms with Crippen molar-refractivity contribution in [2.45, 2.75) is 29.6 Å². The van der Waals surface area contributed by atoms with Crippen LogP contribution < -0.4 is 0 Å². The van der Waals surface area contributed by atoms with Crippen molar-refractivity contribution in [1.29, 1.82) is 0 Å². The van der Waals surface area contributed by atoms with Crippen LogP contribution in [0.4, 0.5) is 0 Å². The molecule has 2 nitrogen and oxygen atoms in total. The average molecular weight is 245 g/mol. The monoisotopic (exact) mass is 245 g/mol. The lowest BCUT2D eigenvalue weighted by Crippen LogP contribution is -1.99. The highest BCUT2D eigenvalue weighted by atomic mass is 32.2. The van der Waals surface area contributed by atoms with Crippen LogP contribution in [0.1, 0.15) is 18.9 Å². The second-order valence-corrected chi connectivity index (χ2v) is 5.26. The molecule has 17 heavy (non-hydrogen) atoms. The lowest BCUT2D eigenvalue weighted by molar-refractivity contribution is 0.681. The zero-order valence-corrected chi connectivity index (χ0v) is 10.6. The first-order valence-corrected chi connectivity index (χ1v) is 6.87. The summed E-state index contributed by atoms with van der Waals surface area (Å²) in [5.41, 5.74) is 1.08. The number of nitrogens with zero attached hydrogens (tertiary/aromatic N) is 1. The van der Waals surface area contributed by atoms with E-state index < -0.39 is 10.8 Å². The van der Waals surface area contributed by atoms with Crippen LogP contribution in [-0.2, 0) is 17.2 Å². The Labute approximate surface area is 104 Å². The van der Waals surface area contributed by atoms with E-state index in [1.54, 1.807) is 6.20 Å². The van der Waals surface area contributed by atoms with E-state index in [0.717, 1.165) is 28.2 Å². The van der Waals surface area contributed by atoms with E-state index in [4.69, 9.17) is 0 Å². The topological polar surface area (TPSA) is 30.0 Å². The first-order chi connectivity index (χ1) is 8.33. The second kappa shape index (κ2) is 5.73. The van der Waals surface area contributed by atoms with Gasteiger partial charge in [0.15, 0.2) is 0 Å². The standard InChI is InChI=1S/C14H15NOS/c1-2-6-12-11-15-10-9-14(12)17(16)13-7-4-3-5-8-13/h3-5,7-11H,2,6H2,1H3. The van der Waals surface area contributed by atoms with E-state index in [-0.39, 0.29) is 0 Å². The third-order valence-corrected chi connectivity index (χ3v) is 4.03. The molecular formula is C14H15NOS. The van der Waals surface area contributed by atoms with E-state index in [1.807, 2.05) is 42.6 Å². The van der Waals surface area contributed by atoms with Gasteiger partial charge in [0.2, 0.25) is 0 Å². The molecule has 0 aliphatic heterocycles. The van der Waals surface area contributed by atoms with Gasteiger partial charge >= 0.3 is 0 Å². The Morgan fingerprint density at radius 3 is 2.65 bits per heavy atom. The van der Waals surface area contributed by atoms with Crippen molar-refractivity contribution in [2.24, 2.45) is 0 Å². The number of benzene rings is 1. The van der Waals surface area contributed by atoms with Crippen molar-refractivity contribution < 1.29 is 4.21 Å². The van der Waals surface area contributed by atoms with Crippen molar-refractivity contribution in [3.8, 4) is 0 Å². The summed E-state index contributed by atoms with van der Waals surface area (Å²) in [7, 11) is -1.10. The lowest BCUT2D eigenvalue weighted by Gasteiger charge is -2.07. The molecule has 0 radical (unpaired) electrons. The third-order valence-electron chi connectivity index (χ3n) is 2.54. The molecule has 1 heterocycles. The summed E-state index contributed by atoms with van der Waals surface area (Å²) in [5, 5.41) is 0. The quantitative estimate of drug-likeness (QED) is 0.828. The predicted molar refractivity (Wildman–Crippen MR) is 69.3 cm³/mol. The first kappa shape index (κ1) is 12.0. The van der Waals surface area contributed by atoms with Gasteiger partial charge in [-0.2, -0.15) is 0 Å². The molecule has 1 atom stereocenters. The van der Waals surface area contributed by atoms with E-state index in [2.05, 4.69) is 11.9 Å².